The molecule has 0 radical (unpaired) electrons. The number of tetrazole rings is 1. The van der Waals surface area contributed by atoms with Gasteiger partial charge < -0.3 is 4.74 Å². The summed E-state index contributed by atoms with van der Waals surface area (Å²) in [7, 11) is 0. The number of benzene rings is 2. The summed E-state index contributed by atoms with van der Waals surface area (Å²) in [5.74, 6) is 0.829. The van der Waals surface area contributed by atoms with Crippen LogP contribution < -0.4 is 0 Å². The molecule has 1 atom stereocenters. The van der Waals surface area contributed by atoms with E-state index in [9.17, 15) is 0 Å². The Morgan fingerprint density at radius 2 is 1.74 bits per heavy atom. The van der Waals surface area contributed by atoms with Crippen molar-refractivity contribution < 1.29 is 4.74 Å². The molecular formula is C32H38N6O. The summed E-state index contributed by atoms with van der Waals surface area (Å²) in [6.45, 7) is 10.1. The Morgan fingerprint density at radius 1 is 0.949 bits per heavy atom. The van der Waals surface area contributed by atoms with E-state index in [-0.39, 0.29) is 6.04 Å². The topological polar surface area (TPSA) is 59.3 Å². The van der Waals surface area contributed by atoms with Crippen LogP contribution in [-0.2, 0) is 4.74 Å². The maximum absolute atomic E-state index is 6.33. The third-order valence-corrected chi connectivity index (χ3v) is 7.36. The van der Waals surface area contributed by atoms with Crippen LogP contribution in [0.3, 0.4) is 0 Å². The lowest BCUT2D eigenvalue weighted by molar-refractivity contribution is 0.0362. The second-order valence-corrected chi connectivity index (χ2v) is 10.2. The molecular weight excluding hydrogens is 484 g/mol. The number of nitrogens with zero attached hydrogens (tertiary/aromatic N) is 6. The van der Waals surface area contributed by atoms with Gasteiger partial charge in [-0.1, -0.05) is 91.1 Å². The minimum Gasteiger partial charge on any atom is -0.375 e. The van der Waals surface area contributed by atoms with E-state index in [0.717, 1.165) is 61.8 Å². The molecule has 39 heavy (non-hydrogen) atoms. The van der Waals surface area contributed by atoms with Crippen LogP contribution in [0.4, 0.5) is 0 Å². The zero-order valence-corrected chi connectivity index (χ0v) is 23.0. The molecule has 3 aromatic rings. The molecule has 0 spiro atoms. The van der Waals surface area contributed by atoms with Gasteiger partial charge in [0.1, 0.15) is 0 Å². The fraction of sp³-hybridized carbons (Fsp3) is 0.344. The number of piperazine rings is 1. The Morgan fingerprint density at radius 3 is 2.54 bits per heavy atom. The average molecular weight is 523 g/mol. The van der Waals surface area contributed by atoms with Gasteiger partial charge in [-0.05, 0) is 53.0 Å². The number of rotatable bonds is 10. The van der Waals surface area contributed by atoms with Crippen LogP contribution in [0.15, 0.2) is 90.6 Å². The summed E-state index contributed by atoms with van der Waals surface area (Å²) in [4.78, 5) is 4.97. The Hall–Kier alpha value is -3.65. The molecule has 0 bridgehead atoms. The first kappa shape index (κ1) is 26.9. The monoisotopic (exact) mass is 522 g/mol. The van der Waals surface area contributed by atoms with Crippen LogP contribution in [0.25, 0.3) is 11.8 Å². The van der Waals surface area contributed by atoms with Crippen LogP contribution >= 0.6 is 0 Å². The van der Waals surface area contributed by atoms with E-state index < -0.39 is 0 Å². The Labute approximate surface area is 231 Å². The lowest BCUT2D eigenvalue weighted by atomic mass is 10.1. The molecule has 1 saturated heterocycles. The summed E-state index contributed by atoms with van der Waals surface area (Å²) in [5, 5.41) is 13.1. The van der Waals surface area contributed by atoms with E-state index >= 15 is 0 Å². The van der Waals surface area contributed by atoms with Gasteiger partial charge in [0.15, 0.2) is 5.82 Å². The van der Waals surface area contributed by atoms with Crippen molar-refractivity contribution in [3.05, 3.63) is 113 Å². The van der Waals surface area contributed by atoms with Gasteiger partial charge in [0.05, 0.1) is 24.9 Å². The van der Waals surface area contributed by atoms with Crippen molar-refractivity contribution >= 4 is 6.08 Å². The third-order valence-electron chi connectivity index (χ3n) is 7.36. The number of allylic oxidation sites excluding steroid dienone is 4. The second-order valence-electron chi connectivity index (χ2n) is 10.2. The number of hydrogen-bond acceptors (Lipinski definition) is 6. The lowest BCUT2D eigenvalue weighted by Crippen LogP contribution is -2.49. The molecule has 1 aromatic heterocycles. The van der Waals surface area contributed by atoms with Gasteiger partial charge in [-0.2, -0.15) is 4.68 Å². The zero-order valence-electron chi connectivity index (χ0n) is 23.0. The van der Waals surface area contributed by atoms with E-state index in [1.165, 1.54) is 11.1 Å². The van der Waals surface area contributed by atoms with Crippen LogP contribution in [0.1, 0.15) is 35.0 Å². The number of hydrogen-bond donors (Lipinski definition) is 0. The van der Waals surface area contributed by atoms with Crippen molar-refractivity contribution in [3.8, 4) is 5.69 Å². The molecule has 0 amide bonds. The molecule has 0 unspecified atom stereocenters. The fourth-order valence-electron chi connectivity index (χ4n) is 5.21. The first-order chi connectivity index (χ1) is 19.2. The number of aryl methyl sites for hydroxylation is 2. The predicted molar refractivity (Wildman–Crippen MR) is 157 cm³/mol. The highest BCUT2D eigenvalue weighted by Gasteiger charge is 2.30. The lowest BCUT2D eigenvalue weighted by Gasteiger charge is -2.38. The number of para-hydroxylation sites is 1. The first-order valence-corrected chi connectivity index (χ1v) is 13.8. The predicted octanol–water partition coefficient (Wildman–Crippen LogP) is 5.11. The minimum atomic E-state index is -0.0492. The highest BCUT2D eigenvalue weighted by atomic mass is 16.5. The Bertz CT molecular complexity index is 1310. The molecule has 1 aliphatic heterocycles. The molecule has 1 aliphatic carbocycles. The Balaban J connectivity index is 1.30. The van der Waals surface area contributed by atoms with Gasteiger partial charge in [-0.3, -0.25) is 9.80 Å². The van der Waals surface area contributed by atoms with Gasteiger partial charge in [-0.15, -0.1) is 5.10 Å². The molecule has 1 fully saturated rings. The summed E-state index contributed by atoms with van der Waals surface area (Å²) in [6, 6.07) is 16.7. The summed E-state index contributed by atoms with van der Waals surface area (Å²) >= 11 is 0. The van der Waals surface area contributed by atoms with Crippen LogP contribution in [-0.4, -0.2) is 75.9 Å². The number of aromatic nitrogens is 4. The summed E-state index contributed by atoms with van der Waals surface area (Å²) in [6.07, 6.45) is 16.1. The summed E-state index contributed by atoms with van der Waals surface area (Å²) < 4.78 is 8.25. The fourth-order valence-corrected chi connectivity index (χ4v) is 5.21. The van der Waals surface area contributed by atoms with E-state index in [0.29, 0.717) is 13.2 Å². The molecule has 5 rings (SSSR count). The highest BCUT2D eigenvalue weighted by molar-refractivity contribution is 5.49. The van der Waals surface area contributed by atoms with E-state index in [4.69, 9.17) is 4.74 Å². The van der Waals surface area contributed by atoms with E-state index in [1.54, 1.807) is 0 Å². The smallest absolute Gasteiger partial charge is 0.176 e. The summed E-state index contributed by atoms with van der Waals surface area (Å²) in [5.41, 5.74) is 5.76. The van der Waals surface area contributed by atoms with Gasteiger partial charge >= 0.3 is 0 Å². The van der Waals surface area contributed by atoms with Crippen molar-refractivity contribution in [2.75, 3.05) is 45.9 Å². The molecule has 2 aliphatic rings. The molecule has 0 N–H and O–H groups in total. The normalized spacial score (nSPS) is 17.4. The van der Waals surface area contributed by atoms with E-state index in [1.807, 2.05) is 4.68 Å². The van der Waals surface area contributed by atoms with E-state index in [2.05, 4.69) is 130 Å². The molecule has 2 heterocycles. The maximum atomic E-state index is 6.33. The molecule has 0 saturated carbocycles. The number of ether oxygens (including phenoxy) is 1. The van der Waals surface area contributed by atoms with Crippen molar-refractivity contribution in [1.29, 1.82) is 0 Å². The van der Waals surface area contributed by atoms with Crippen LogP contribution in [0, 0.1) is 13.8 Å². The zero-order chi connectivity index (χ0) is 26.9. The van der Waals surface area contributed by atoms with Crippen molar-refractivity contribution in [3.63, 3.8) is 0 Å². The van der Waals surface area contributed by atoms with Gasteiger partial charge in [0.2, 0.25) is 0 Å². The first-order valence-electron chi connectivity index (χ1n) is 13.8. The molecule has 2 aromatic carbocycles. The van der Waals surface area contributed by atoms with Gasteiger partial charge in [0.25, 0.3) is 0 Å². The van der Waals surface area contributed by atoms with Crippen LogP contribution in [0.5, 0.6) is 0 Å². The average Bonchev–Trinajstić information content (AvgIpc) is 3.27. The van der Waals surface area contributed by atoms with Crippen LogP contribution in [0.2, 0.25) is 0 Å². The molecule has 7 nitrogen and oxygen atoms in total. The standard InChI is InChI=1S/C32H38N6O/c1-26-12-10-13-27(2)31(26)38-32(33-34-35-38)30(25-39-24-29-16-6-3-4-7-17-29)37-22-20-36(21-23-37)19-11-18-28-14-8-5-9-15-28/h3,5-18,30H,4,19-25H2,1-2H3/b18-11+/t30-/m1/s1. The van der Waals surface area contributed by atoms with Crippen molar-refractivity contribution in [1.82, 2.24) is 30.0 Å². The second kappa shape index (κ2) is 13.4. The SMILES string of the molecule is Cc1cccc(C)c1-n1nnnc1[C@@H](COCC1=CC=CCC=C1)N1CCN(C/C=C/c2ccccc2)CC1. The maximum Gasteiger partial charge on any atom is 0.176 e. The van der Waals surface area contributed by atoms with Crippen molar-refractivity contribution in [2.45, 2.75) is 26.3 Å². The Kier molecular flexibility index (Phi) is 9.27. The third kappa shape index (κ3) is 7.06. The van der Waals surface area contributed by atoms with Crippen molar-refractivity contribution in [2.24, 2.45) is 0 Å². The largest absolute Gasteiger partial charge is 0.375 e. The van der Waals surface area contributed by atoms with Gasteiger partial charge in [0, 0.05) is 32.7 Å². The van der Waals surface area contributed by atoms with Gasteiger partial charge in [-0.25, -0.2) is 0 Å². The molecule has 7 heteroatoms. The molecule has 202 valence electrons. The minimum absolute atomic E-state index is 0.0492. The highest BCUT2D eigenvalue weighted by Crippen LogP contribution is 2.26. The quantitative estimate of drug-likeness (QED) is 0.369.